The molecule has 0 aliphatic carbocycles. The molecule has 0 saturated carbocycles. The topological polar surface area (TPSA) is 108 Å². The number of carbonyl (C=O) groups is 1. The van der Waals surface area contributed by atoms with Crippen LogP contribution in [-0.2, 0) is 18.4 Å². The molecule has 0 bridgehead atoms. The fraction of sp³-hybridized carbons (Fsp3) is 0.769. The van der Waals surface area contributed by atoms with Gasteiger partial charge in [0, 0.05) is 6.42 Å². The molecule has 3 unspecified atom stereocenters. The number of rotatable bonds is 56. The van der Waals surface area contributed by atoms with Gasteiger partial charge in [-0.05, 0) is 83.5 Å². The molecular formula is C65H119N2O6P. The van der Waals surface area contributed by atoms with Crippen LogP contribution in [0.2, 0.25) is 0 Å². The molecule has 0 aromatic carbocycles. The fourth-order valence-electron chi connectivity index (χ4n) is 8.77. The van der Waals surface area contributed by atoms with E-state index < -0.39 is 26.6 Å². The first-order chi connectivity index (χ1) is 36.0. The van der Waals surface area contributed by atoms with E-state index in [0.29, 0.717) is 17.4 Å². The zero-order chi connectivity index (χ0) is 54.2. The van der Waals surface area contributed by atoms with Gasteiger partial charge < -0.3 is 28.8 Å². The molecule has 0 aromatic heterocycles. The highest BCUT2D eigenvalue weighted by atomic mass is 31.2. The minimum absolute atomic E-state index is 0.0105. The minimum atomic E-state index is -4.61. The van der Waals surface area contributed by atoms with Crippen molar-refractivity contribution in [2.24, 2.45) is 0 Å². The molecule has 8 nitrogen and oxygen atoms in total. The number of amides is 1. The second-order valence-electron chi connectivity index (χ2n) is 22.0. The Labute approximate surface area is 458 Å². The Hall–Kier alpha value is -2.32. The molecule has 0 radical (unpaired) electrons. The lowest BCUT2D eigenvalue weighted by Crippen LogP contribution is -2.45. The van der Waals surface area contributed by atoms with Gasteiger partial charge in [0.1, 0.15) is 13.2 Å². The Morgan fingerprint density at radius 2 is 0.838 bits per heavy atom. The van der Waals surface area contributed by atoms with Gasteiger partial charge in [-0.25, -0.2) is 0 Å². The number of hydrogen-bond acceptors (Lipinski definition) is 6. The number of nitrogens with zero attached hydrogens (tertiary/aromatic N) is 1. The number of phosphoric ester groups is 1. The van der Waals surface area contributed by atoms with E-state index >= 15 is 0 Å². The standard InChI is InChI=1S/C65H119N2O6P/c1-6-8-10-12-14-16-18-20-22-24-26-27-28-29-30-31-32-33-34-35-36-37-38-39-41-43-45-47-49-51-53-55-57-59-65(69)66-63(62-73-74(70,71)72-61-60-67(3,4)5)64(68)58-56-54-52-50-48-46-44-42-40-25-23-21-19-17-15-13-11-9-7-2/h8,10,14,16,20,22,26-27,40,42,48,50,56,58,63-64,68H,6-7,9,11-13,15,17-19,21,23-25,28-39,41,43-47,49,51-55,57,59-62H2,1-5H3,(H-,66,69,70,71)/b10-8-,16-14-,22-20-,27-26-,42-40+,50-48+,58-56+. The van der Waals surface area contributed by atoms with Crippen LogP contribution in [0.5, 0.6) is 0 Å². The van der Waals surface area contributed by atoms with Crippen LogP contribution in [0.3, 0.4) is 0 Å². The summed E-state index contributed by atoms with van der Waals surface area (Å²) in [6.45, 7) is 4.52. The number of quaternary nitrogens is 1. The summed E-state index contributed by atoms with van der Waals surface area (Å²) >= 11 is 0. The maximum absolute atomic E-state index is 13.0. The summed E-state index contributed by atoms with van der Waals surface area (Å²) in [4.78, 5) is 25.5. The van der Waals surface area contributed by atoms with Crippen LogP contribution in [0.1, 0.15) is 271 Å². The van der Waals surface area contributed by atoms with Crippen molar-refractivity contribution in [2.45, 2.75) is 283 Å². The van der Waals surface area contributed by atoms with Crippen molar-refractivity contribution in [3.63, 3.8) is 0 Å². The van der Waals surface area contributed by atoms with Gasteiger partial charge in [0.05, 0.1) is 39.9 Å². The van der Waals surface area contributed by atoms with Crippen LogP contribution < -0.4 is 10.2 Å². The largest absolute Gasteiger partial charge is 0.756 e. The first-order valence-electron chi connectivity index (χ1n) is 30.9. The van der Waals surface area contributed by atoms with Gasteiger partial charge >= 0.3 is 0 Å². The fourth-order valence-corrected chi connectivity index (χ4v) is 9.49. The molecule has 0 spiro atoms. The van der Waals surface area contributed by atoms with Crippen LogP contribution in [0.15, 0.2) is 85.1 Å². The third kappa shape index (κ3) is 57.4. The highest BCUT2D eigenvalue weighted by Gasteiger charge is 2.23. The molecule has 430 valence electrons. The van der Waals surface area contributed by atoms with E-state index in [0.717, 1.165) is 70.6 Å². The van der Waals surface area contributed by atoms with E-state index in [4.69, 9.17) is 9.05 Å². The molecule has 0 aromatic rings. The lowest BCUT2D eigenvalue weighted by molar-refractivity contribution is -0.870. The van der Waals surface area contributed by atoms with E-state index in [-0.39, 0.29) is 12.5 Å². The van der Waals surface area contributed by atoms with Crippen LogP contribution >= 0.6 is 7.82 Å². The van der Waals surface area contributed by atoms with Crippen molar-refractivity contribution >= 4 is 13.7 Å². The van der Waals surface area contributed by atoms with Crippen molar-refractivity contribution in [3.05, 3.63) is 85.1 Å². The van der Waals surface area contributed by atoms with Crippen LogP contribution in [0.25, 0.3) is 0 Å². The van der Waals surface area contributed by atoms with Gasteiger partial charge in [0.25, 0.3) is 7.82 Å². The molecule has 1 amide bonds. The van der Waals surface area contributed by atoms with Crippen molar-refractivity contribution in [1.29, 1.82) is 0 Å². The van der Waals surface area contributed by atoms with E-state index in [1.165, 1.54) is 180 Å². The molecule has 0 aliphatic rings. The highest BCUT2D eigenvalue weighted by Crippen LogP contribution is 2.38. The second kappa shape index (κ2) is 55.4. The number of carbonyl (C=O) groups excluding carboxylic acids is 1. The number of aliphatic hydroxyl groups is 1. The zero-order valence-electron chi connectivity index (χ0n) is 49.0. The zero-order valence-corrected chi connectivity index (χ0v) is 49.9. The summed E-state index contributed by atoms with van der Waals surface area (Å²) in [5.74, 6) is -0.210. The summed E-state index contributed by atoms with van der Waals surface area (Å²) in [7, 11) is 1.24. The number of likely N-dealkylation sites (N-methyl/N-ethyl adjacent to an activating group) is 1. The van der Waals surface area contributed by atoms with Gasteiger partial charge in [0.2, 0.25) is 5.91 Å². The Balaban J connectivity index is 4.12. The summed E-state index contributed by atoms with van der Waals surface area (Å²) in [6.07, 6.45) is 78.3. The van der Waals surface area contributed by atoms with Crippen LogP contribution in [0, 0.1) is 0 Å². The minimum Gasteiger partial charge on any atom is -0.756 e. The quantitative estimate of drug-likeness (QED) is 0.0272. The molecule has 74 heavy (non-hydrogen) atoms. The number of nitrogens with one attached hydrogen (secondary N) is 1. The predicted molar refractivity (Wildman–Crippen MR) is 320 cm³/mol. The average Bonchev–Trinajstić information content (AvgIpc) is 3.36. The molecule has 0 fully saturated rings. The number of allylic oxidation sites excluding steroid dienone is 13. The predicted octanol–water partition coefficient (Wildman–Crippen LogP) is 18.6. The van der Waals surface area contributed by atoms with E-state index in [9.17, 15) is 19.4 Å². The van der Waals surface area contributed by atoms with Crippen LogP contribution in [0.4, 0.5) is 0 Å². The first-order valence-corrected chi connectivity index (χ1v) is 32.4. The Bertz CT molecular complexity index is 1480. The number of unbranched alkanes of at least 4 members (excludes halogenated alkanes) is 31. The number of aliphatic hydroxyl groups excluding tert-OH is 1. The molecule has 9 heteroatoms. The number of hydrogen-bond donors (Lipinski definition) is 2. The SMILES string of the molecule is CC/C=C\C/C=C\C/C=C\C/C=C\CCCCCCCCCCCCCCCCCCCCCCC(=O)NC(COP(=O)([O-])OCC[N+](C)(C)C)C(O)/C=C/CC/C=C/CC/C=C/CCCCCCCCCCC. The van der Waals surface area contributed by atoms with Gasteiger partial charge in [-0.15, -0.1) is 0 Å². The summed E-state index contributed by atoms with van der Waals surface area (Å²) in [5, 5.41) is 13.9. The molecular weight excluding hydrogens is 936 g/mol. The van der Waals surface area contributed by atoms with Crippen molar-refractivity contribution in [3.8, 4) is 0 Å². The normalized spacial score (nSPS) is 14.4. The Kier molecular flexibility index (Phi) is 53.7. The van der Waals surface area contributed by atoms with Crippen molar-refractivity contribution < 1.29 is 32.9 Å². The summed E-state index contributed by atoms with van der Waals surface area (Å²) < 4.78 is 23.3. The second-order valence-corrected chi connectivity index (χ2v) is 23.4. The van der Waals surface area contributed by atoms with Gasteiger partial charge in [0.15, 0.2) is 0 Å². The monoisotopic (exact) mass is 1050 g/mol. The van der Waals surface area contributed by atoms with E-state index in [1.807, 2.05) is 27.2 Å². The van der Waals surface area contributed by atoms with Gasteiger partial charge in [-0.2, -0.15) is 0 Å². The lowest BCUT2D eigenvalue weighted by Gasteiger charge is -2.29. The third-order valence-electron chi connectivity index (χ3n) is 13.6. The molecule has 0 saturated heterocycles. The lowest BCUT2D eigenvalue weighted by atomic mass is 10.0. The number of phosphoric acid groups is 1. The maximum atomic E-state index is 13.0. The molecule has 3 atom stereocenters. The Morgan fingerprint density at radius 1 is 0.486 bits per heavy atom. The van der Waals surface area contributed by atoms with Gasteiger partial charge in [-0.1, -0.05) is 266 Å². The molecule has 0 heterocycles. The van der Waals surface area contributed by atoms with E-state index in [2.05, 4.69) is 92.1 Å². The molecule has 2 N–H and O–H groups in total. The Morgan fingerprint density at radius 3 is 1.26 bits per heavy atom. The first kappa shape index (κ1) is 71.7. The average molecular weight is 1060 g/mol. The van der Waals surface area contributed by atoms with E-state index in [1.54, 1.807) is 6.08 Å². The molecule has 0 rings (SSSR count). The summed E-state index contributed by atoms with van der Waals surface area (Å²) in [6, 6.07) is -0.913. The smallest absolute Gasteiger partial charge is 0.268 e. The van der Waals surface area contributed by atoms with Gasteiger partial charge in [-0.3, -0.25) is 9.36 Å². The maximum Gasteiger partial charge on any atom is 0.268 e. The van der Waals surface area contributed by atoms with Crippen LogP contribution in [-0.4, -0.2) is 68.5 Å². The third-order valence-corrected chi connectivity index (χ3v) is 14.5. The van der Waals surface area contributed by atoms with Crippen molar-refractivity contribution in [2.75, 3.05) is 40.9 Å². The highest BCUT2D eigenvalue weighted by molar-refractivity contribution is 7.45. The molecule has 0 aliphatic heterocycles. The summed E-state index contributed by atoms with van der Waals surface area (Å²) in [5.41, 5.74) is 0. The van der Waals surface area contributed by atoms with Crippen molar-refractivity contribution in [1.82, 2.24) is 5.32 Å².